The molecule has 1 aliphatic rings. The van der Waals surface area contributed by atoms with Crippen molar-refractivity contribution in [2.75, 3.05) is 6.54 Å². The topological polar surface area (TPSA) is 88.3 Å². The number of nitrogens with zero attached hydrogens (tertiary/aromatic N) is 3. The molecule has 0 bridgehead atoms. The molecule has 1 aromatic heterocycles. The van der Waals surface area contributed by atoms with Gasteiger partial charge in [0.05, 0.1) is 0 Å². The molecule has 1 fully saturated rings. The molecule has 2 atom stereocenters. The number of carbonyl (C=O) groups is 2. The van der Waals surface area contributed by atoms with E-state index in [2.05, 4.69) is 15.5 Å². The lowest BCUT2D eigenvalue weighted by Crippen LogP contribution is -2.63. The lowest BCUT2D eigenvalue weighted by atomic mass is 10.0. The Balaban J connectivity index is 2.08. The summed E-state index contributed by atoms with van der Waals surface area (Å²) in [7, 11) is 0. The fraction of sp³-hybridized carbons (Fsp3) is 0.667. The molecule has 7 nitrogen and oxygen atoms in total. The maximum Gasteiger partial charge on any atom is 0.245 e. The van der Waals surface area contributed by atoms with Crippen molar-refractivity contribution in [1.29, 1.82) is 0 Å². The number of nitrogens with one attached hydrogen (secondary N) is 1. The summed E-state index contributed by atoms with van der Waals surface area (Å²) in [5, 5.41) is 6.28. The molecule has 2 rings (SSSR count). The van der Waals surface area contributed by atoms with Gasteiger partial charge in [0, 0.05) is 13.0 Å². The Morgan fingerprint density at radius 2 is 2.16 bits per heavy atom. The number of amides is 2. The predicted octanol–water partition coefficient (Wildman–Crippen LogP) is 0.128. The van der Waals surface area contributed by atoms with Gasteiger partial charge in [-0.3, -0.25) is 9.59 Å². The van der Waals surface area contributed by atoms with Crippen LogP contribution in [0, 0.1) is 0 Å². The molecule has 0 spiro atoms. The molecule has 7 heteroatoms. The minimum atomic E-state index is -0.419. The van der Waals surface area contributed by atoms with Crippen LogP contribution in [0.1, 0.15) is 32.6 Å². The first-order chi connectivity index (χ1) is 9.17. The summed E-state index contributed by atoms with van der Waals surface area (Å²) in [5.74, 6) is 0.356. The second kappa shape index (κ2) is 5.81. The van der Waals surface area contributed by atoms with Crippen LogP contribution in [0.4, 0.5) is 0 Å². The lowest BCUT2D eigenvalue weighted by molar-refractivity contribution is -0.149. The van der Waals surface area contributed by atoms with Crippen LogP contribution >= 0.6 is 0 Å². The van der Waals surface area contributed by atoms with Crippen LogP contribution in [-0.4, -0.2) is 45.5 Å². The van der Waals surface area contributed by atoms with E-state index in [0.29, 0.717) is 31.7 Å². The Kier molecular flexibility index (Phi) is 4.13. The van der Waals surface area contributed by atoms with Gasteiger partial charge < -0.3 is 14.7 Å². The molecular formula is C12H18N4O3. The third-order valence-electron chi connectivity index (χ3n) is 3.35. The average molecular weight is 266 g/mol. The summed E-state index contributed by atoms with van der Waals surface area (Å²) in [6, 6.07) is -0.823. The van der Waals surface area contributed by atoms with Crippen molar-refractivity contribution in [3.8, 4) is 0 Å². The molecule has 0 radical (unpaired) electrons. The summed E-state index contributed by atoms with van der Waals surface area (Å²) in [6.45, 7) is 4.19. The van der Waals surface area contributed by atoms with E-state index >= 15 is 0 Å². The van der Waals surface area contributed by atoms with E-state index in [9.17, 15) is 9.59 Å². The van der Waals surface area contributed by atoms with Gasteiger partial charge in [0.25, 0.3) is 0 Å². The quantitative estimate of drug-likeness (QED) is 0.818. The van der Waals surface area contributed by atoms with Crippen LogP contribution in [0.15, 0.2) is 10.9 Å². The number of rotatable bonds is 5. The fourth-order valence-electron chi connectivity index (χ4n) is 2.30. The minimum absolute atomic E-state index is 0.0338. The second-order valence-electron chi connectivity index (χ2n) is 4.51. The van der Waals surface area contributed by atoms with E-state index in [1.54, 1.807) is 4.90 Å². The third kappa shape index (κ3) is 2.74. The van der Waals surface area contributed by atoms with Crippen molar-refractivity contribution in [3.05, 3.63) is 12.2 Å². The van der Waals surface area contributed by atoms with Crippen LogP contribution in [0.5, 0.6) is 0 Å². The minimum Gasteiger partial charge on any atom is -0.343 e. The molecule has 1 saturated heterocycles. The van der Waals surface area contributed by atoms with Crippen molar-refractivity contribution in [2.45, 2.75) is 45.2 Å². The molecular weight excluding hydrogens is 248 g/mol. The highest BCUT2D eigenvalue weighted by atomic mass is 16.5. The fourth-order valence-corrected chi connectivity index (χ4v) is 2.30. The smallest absolute Gasteiger partial charge is 0.245 e. The highest BCUT2D eigenvalue weighted by Crippen LogP contribution is 2.15. The summed E-state index contributed by atoms with van der Waals surface area (Å²) >= 11 is 0. The van der Waals surface area contributed by atoms with Gasteiger partial charge in [-0.2, -0.15) is 4.98 Å². The Bertz CT molecular complexity index is 446. The molecule has 0 aliphatic carbocycles. The highest BCUT2D eigenvalue weighted by Gasteiger charge is 2.38. The van der Waals surface area contributed by atoms with Gasteiger partial charge in [0.1, 0.15) is 12.1 Å². The number of piperazine rings is 1. The van der Waals surface area contributed by atoms with E-state index in [1.165, 1.54) is 6.33 Å². The van der Waals surface area contributed by atoms with Gasteiger partial charge in [-0.05, 0) is 12.8 Å². The lowest BCUT2D eigenvalue weighted by Gasteiger charge is -2.38. The average Bonchev–Trinajstić information content (AvgIpc) is 2.92. The normalized spacial score (nSPS) is 23.6. The molecule has 0 saturated carbocycles. The van der Waals surface area contributed by atoms with E-state index in [4.69, 9.17) is 4.52 Å². The van der Waals surface area contributed by atoms with Gasteiger partial charge in [0.15, 0.2) is 6.33 Å². The number of hydrogen-bond acceptors (Lipinski definition) is 5. The van der Waals surface area contributed by atoms with E-state index in [1.807, 2.05) is 13.8 Å². The van der Waals surface area contributed by atoms with E-state index in [0.717, 1.165) is 0 Å². The van der Waals surface area contributed by atoms with Gasteiger partial charge in [-0.15, -0.1) is 0 Å². The standard InChI is InChI=1S/C12H18N4O3/c1-3-8-12(18)16(9(4-2)11(17)15-8)6-5-10-13-7-14-19-10/h7-9H,3-6H2,1-2H3,(H,15,17). The summed E-state index contributed by atoms with van der Waals surface area (Å²) < 4.78 is 4.91. The molecule has 2 heterocycles. The monoisotopic (exact) mass is 266 g/mol. The number of carbonyl (C=O) groups excluding carboxylic acids is 2. The van der Waals surface area contributed by atoms with Crippen LogP contribution < -0.4 is 5.32 Å². The second-order valence-corrected chi connectivity index (χ2v) is 4.51. The van der Waals surface area contributed by atoms with Crippen LogP contribution in [0.2, 0.25) is 0 Å². The first kappa shape index (κ1) is 13.5. The molecule has 0 aromatic carbocycles. The van der Waals surface area contributed by atoms with Gasteiger partial charge in [-0.25, -0.2) is 0 Å². The Morgan fingerprint density at radius 1 is 1.37 bits per heavy atom. The molecule has 2 unspecified atom stereocenters. The maximum atomic E-state index is 12.3. The van der Waals surface area contributed by atoms with Gasteiger partial charge in [-0.1, -0.05) is 19.0 Å². The Hall–Kier alpha value is -1.92. The van der Waals surface area contributed by atoms with Crippen molar-refractivity contribution >= 4 is 11.8 Å². The third-order valence-corrected chi connectivity index (χ3v) is 3.35. The molecule has 2 amide bonds. The van der Waals surface area contributed by atoms with Crippen LogP contribution in [-0.2, 0) is 16.0 Å². The van der Waals surface area contributed by atoms with Crippen molar-refractivity contribution in [1.82, 2.24) is 20.4 Å². The van der Waals surface area contributed by atoms with Gasteiger partial charge >= 0.3 is 0 Å². The molecule has 1 aliphatic heterocycles. The summed E-state index contributed by atoms with van der Waals surface area (Å²) in [5.41, 5.74) is 0. The highest BCUT2D eigenvalue weighted by molar-refractivity contribution is 5.96. The molecule has 19 heavy (non-hydrogen) atoms. The van der Waals surface area contributed by atoms with Crippen LogP contribution in [0.25, 0.3) is 0 Å². The Labute approximate surface area is 111 Å². The van der Waals surface area contributed by atoms with Crippen molar-refractivity contribution in [2.24, 2.45) is 0 Å². The SMILES string of the molecule is CCC1NC(=O)C(CC)N(CCc2ncno2)C1=O. The predicted molar refractivity (Wildman–Crippen MR) is 66.0 cm³/mol. The van der Waals surface area contributed by atoms with E-state index in [-0.39, 0.29) is 11.8 Å². The summed E-state index contributed by atoms with van der Waals surface area (Å²) in [6.07, 6.45) is 2.98. The largest absolute Gasteiger partial charge is 0.343 e. The first-order valence-electron chi connectivity index (χ1n) is 6.53. The first-order valence-corrected chi connectivity index (χ1v) is 6.53. The zero-order valence-electron chi connectivity index (χ0n) is 11.1. The Morgan fingerprint density at radius 3 is 2.74 bits per heavy atom. The number of hydrogen-bond donors (Lipinski definition) is 1. The molecule has 1 N–H and O–H groups in total. The zero-order valence-corrected chi connectivity index (χ0v) is 11.1. The van der Waals surface area contributed by atoms with Crippen LogP contribution in [0.3, 0.4) is 0 Å². The van der Waals surface area contributed by atoms with Crippen molar-refractivity contribution in [3.63, 3.8) is 0 Å². The number of aromatic nitrogens is 2. The zero-order chi connectivity index (χ0) is 13.8. The van der Waals surface area contributed by atoms with E-state index < -0.39 is 12.1 Å². The summed E-state index contributed by atoms with van der Waals surface area (Å²) in [4.78, 5) is 29.8. The van der Waals surface area contributed by atoms with Gasteiger partial charge in [0.2, 0.25) is 17.7 Å². The molecule has 104 valence electrons. The maximum absolute atomic E-state index is 12.3. The van der Waals surface area contributed by atoms with Crippen molar-refractivity contribution < 1.29 is 14.1 Å². The molecule has 1 aromatic rings.